The molecule has 4 nitrogen and oxygen atoms in total. The second-order valence-corrected chi connectivity index (χ2v) is 4.22. The van der Waals surface area contributed by atoms with E-state index in [0.29, 0.717) is 0 Å². The van der Waals surface area contributed by atoms with Crippen molar-refractivity contribution >= 4 is 0 Å². The summed E-state index contributed by atoms with van der Waals surface area (Å²) in [6, 6.07) is 5.99. The Morgan fingerprint density at radius 2 is 2.24 bits per heavy atom. The molecule has 3 rings (SSSR count). The standard InChI is InChI=1S/C13H15N3O/c1-2-9-17-13(5-1)16-12(6-8-15-16)11-4-3-7-14-10-11/h3-4,6-8,10,13H,1-2,5,9H2. The van der Waals surface area contributed by atoms with Crippen LogP contribution >= 0.6 is 0 Å². The number of hydrogen-bond donors (Lipinski definition) is 0. The third kappa shape index (κ3) is 2.08. The largest absolute Gasteiger partial charge is 0.356 e. The molecule has 2 aromatic heterocycles. The third-order valence-corrected chi connectivity index (χ3v) is 3.06. The lowest BCUT2D eigenvalue weighted by atomic mass is 10.1. The number of nitrogens with zero attached hydrogens (tertiary/aromatic N) is 3. The summed E-state index contributed by atoms with van der Waals surface area (Å²) in [4.78, 5) is 4.14. The number of aromatic nitrogens is 3. The first-order valence-corrected chi connectivity index (χ1v) is 6.01. The lowest BCUT2D eigenvalue weighted by molar-refractivity contribution is -0.0383. The van der Waals surface area contributed by atoms with Crippen LogP contribution in [0.25, 0.3) is 11.3 Å². The van der Waals surface area contributed by atoms with Crippen molar-refractivity contribution in [2.75, 3.05) is 6.61 Å². The summed E-state index contributed by atoms with van der Waals surface area (Å²) < 4.78 is 7.73. The predicted molar refractivity (Wildman–Crippen MR) is 64.3 cm³/mol. The zero-order valence-electron chi connectivity index (χ0n) is 9.62. The highest BCUT2D eigenvalue weighted by atomic mass is 16.5. The van der Waals surface area contributed by atoms with Gasteiger partial charge in [0.15, 0.2) is 6.23 Å². The summed E-state index contributed by atoms with van der Waals surface area (Å²) in [5.41, 5.74) is 2.16. The van der Waals surface area contributed by atoms with Gasteiger partial charge >= 0.3 is 0 Å². The maximum absolute atomic E-state index is 5.76. The summed E-state index contributed by atoms with van der Waals surface area (Å²) >= 11 is 0. The fourth-order valence-electron chi connectivity index (χ4n) is 2.20. The predicted octanol–water partition coefficient (Wildman–Crippen LogP) is 2.64. The first-order valence-electron chi connectivity index (χ1n) is 6.01. The van der Waals surface area contributed by atoms with E-state index in [9.17, 15) is 0 Å². The van der Waals surface area contributed by atoms with Gasteiger partial charge < -0.3 is 4.74 Å². The van der Waals surface area contributed by atoms with Crippen LogP contribution in [0.1, 0.15) is 25.5 Å². The van der Waals surface area contributed by atoms with Crippen LogP contribution in [0.15, 0.2) is 36.8 Å². The molecule has 0 radical (unpaired) electrons. The molecule has 1 aliphatic heterocycles. The van der Waals surface area contributed by atoms with Crippen molar-refractivity contribution in [3.8, 4) is 11.3 Å². The fourth-order valence-corrected chi connectivity index (χ4v) is 2.20. The summed E-state index contributed by atoms with van der Waals surface area (Å²) in [7, 11) is 0. The van der Waals surface area contributed by atoms with Gasteiger partial charge in [-0.2, -0.15) is 5.10 Å². The molecule has 1 aliphatic rings. The number of ether oxygens (including phenoxy) is 1. The minimum Gasteiger partial charge on any atom is -0.356 e. The van der Waals surface area contributed by atoms with E-state index in [4.69, 9.17) is 4.74 Å². The van der Waals surface area contributed by atoms with Gasteiger partial charge in [-0.3, -0.25) is 4.98 Å². The molecule has 0 bridgehead atoms. The van der Waals surface area contributed by atoms with Gasteiger partial charge in [0.2, 0.25) is 0 Å². The molecular weight excluding hydrogens is 214 g/mol. The monoisotopic (exact) mass is 229 g/mol. The number of rotatable bonds is 2. The molecule has 1 saturated heterocycles. The molecule has 3 heterocycles. The van der Waals surface area contributed by atoms with E-state index < -0.39 is 0 Å². The molecule has 0 saturated carbocycles. The first kappa shape index (κ1) is 10.5. The molecule has 1 atom stereocenters. The van der Waals surface area contributed by atoms with E-state index in [1.165, 1.54) is 6.42 Å². The minimum absolute atomic E-state index is 0.0777. The van der Waals surface area contributed by atoms with E-state index in [0.717, 1.165) is 30.7 Å². The van der Waals surface area contributed by atoms with Crippen molar-refractivity contribution in [3.63, 3.8) is 0 Å². The van der Waals surface area contributed by atoms with Crippen LogP contribution < -0.4 is 0 Å². The van der Waals surface area contributed by atoms with Gasteiger partial charge in [-0.05, 0) is 37.5 Å². The van der Waals surface area contributed by atoms with Gasteiger partial charge in [-0.15, -0.1) is 0 Å². The average Bonchev–Trinajstić information content (AvgIpc) is 2.90. The molecule has 1 fully saturated rings. The highest BCUT2D eigenvalue weighted by Gasteiger charge is 2.19. The van der Waals surface area contributed by atoms with Crippen molar-refractivity contribution < 1.29 is 4.74 Å². The van der Waals surface area contributed by atoms with Gasteiger partial charge in [0.25, 0.3) is 0 Å². The quantitative estimate of drug-likeness (QED) is 0.794. The second kappa shape index (κ2) is 4.67. The Hall–Kier alpha value is -1.68. The number of pyridine rings is 1. The third-order valence-electron chi connectivity index (χ3n) is 3.06. The summed E-state index contributed by atoms with van der Waals surface area (Å²) in [5, 5.41) is 4.38. The highest BCUT2D eigenvalue weighted by Crippen LogP contribution is 2.27. The van der Waals surface area contributed by atoms with Crippen molar-refractivity contribution in [1.82, 2.24) is 14.8 Å². The van der Waals surface area contributed by atoms with Crippen LogP contribution in [0, 0.1) is 0 Å². The van der Waals surface area contributed by atoms with Crippen molar-refractivity contribution in [3.05, 3.63) is 36.8 Å². The molecular formula is C13H15N3O. The van der Waals surface area contributed by atoms with Crippen LogP contribution in [0.5, 0.6) is 0 Å². The second-order valence-electron chi connectivity index (χ2n) is 4.22. The molecule has 0 N–H and O–H groups in total. The van der Waals surface area contributed by atoms with Crippen molar-refractivity contribution in [1.29, 1.82) is 0 Å². The molecule has 88 valence electrons. The topological polar surface area (TPSA) is 39.9 Å². The van der Waals surface area contributed by atoms with Gasteiger partial charge in [0, 0.05) is 30.8 Å². The molecule has 0 amide bonds. The molecule has 0 spiro atoms. The molecule has 17 heavy (non-hydrogen) atoms. The van der Waals surface area contributed by atoms with E-state index in [2.05, 4.69) is 10.1 Å². The van der Waals surface area contributed by atoms with Crippen LogP contribution in [0.2, 0.25) is 0 Å². The molecule has 0 aromatic carbocycles. The Labute approximate surface area is 100 Å². The Balaban J connectivity index is 1.93. The van der Waals surface area contributed by atoms with Gasteiger partial charge in [0.05, 0.1) is 5.69 Å². The van der Waals surface area contributed by atoms with E-state index >= 15 is 0 Å². The zero-order chi connectivity index (χ0) is 11.5. The average molecular weight is 229 g/mol. The Kier molecular flexibility index (Phi) is 2.88. The lowest BCUT2D eigenvalue weighted by Gasteiger charge is -2.24. The smallest absolute Gasteiger partial charge is 0.150 e. The Bertz CT molecular complexity index is 474. The SMILES string of the molecule is c1cncc(-c2ccnn2C2CCCCO2)c1. The summed E-state index contributed by atoms with van der Waals surface area (Å²) in [6.45, 7) is 0.830. The zero-order valence-corrected chi connectivity index (χ0v) is 9.62. The molecule has 4 heteroatoms. The number of hydrogen-bond acceptors (Lipinski definition) is 3. The fraction of sp³-hybridized carbons (Fsp3) is 0.385. The van der Waals surface area contributed by atoms with Crippen LogP contribution in [0.4, 0.5) is 0 Å². The highest BCUT2D eigenvalue weighted by molar-refractivity contribution is 5.57. The van der Waals surface area contributed by atoms with Crippen LogP contribution in [-0.4, -0.2) is 21.4 Å². The van der Waals surface area contributed by atoms with Crippen molar-refractivity contribution in [2.45, 2.75) is 25.5 Å². The summed E-state index contributed by atoms with van der Waals surface area (Å²) in [6.07, 6.45) is 8.93. The van der Waals surface area contributed by atoms with E-state index in [1.807, 2.05) is 35.3 Å². The Morgan fingerprint density at radius 1 is 1.24 bits per heavy atom. The maximum atomic E-state index is 5.76. The molecule has 1 unspecified atom stereocenters. The first-order chi connectivity index (χ1) is 8.45. The Morgan fingerprint density at radius 3 is 3.00 bits per heavy atom. The van der Waals surface area contributed by atoms with Gasteiger partial charge in [-0.1, -0.05) is 0 Å². The van der Waals surface area contributed by atoms with Crippen molar-refractivity contribution in [2.24, 2.45) is 0 Å². The lowest BCUT2D eigenvalue weighted by Crippen LogP contribution is -2.19. The maximum Gasteiger partial charge on any atom is 0.150 e. The van der Waals surface area contributed by atoms with E-state index in [-0.39, 0.29) is 6.23 Å². The van der Waals surface area contributed by atoms with Gasteiger partial charge in [0.1, 0.15) is 0 Å². The minimum atomic E-state index is 0.0777. The normalized spacial score (nSPS) is 20.4. The van der Waals surface area contributed by atoms with Crippen LogP contribution in [-0.2, 0) is 4.74 Å². The van der Waals surface area contributed by atoms with Crippen LogP contribution in [0.3, 0.4) is 0 Å². The molecule has 0 aliphatic carbocycles. The van der Waals surface area contributed by atoms with E-state index in [1.54, 1.807) is 6.20 Å². The molecule has 2 aromatic rings. The van der Waals surface area contributed by atoms with Gasteiger partial charge in [-0.25, -0.2) is 4.68 Å². The summed E-state index contributed by atoms with van der Waals surface area (Å²) in [5.74, 6) is 0.